The molecule has 12 heavy (non-hydrogen) atoms. The molecule has 1 aromatic heterocycles. The van der Waals surface area contributed by atoms with Crippen LogP contribution >= 0.6 is 0 Å². The average molecular weight is 158 g/mol. The molecule has 1 aromatic carbocycles. The van der Waals surface area contributed by atoms with Crippen LogP contribution in [0.1, 0.15) is 5.56 Å². The molecular formula is C10H8NO. The molecule has 1 heterocycles. The topological polar surface area (TPSA) is 26.0 Å². The van der Waals surface area contributed by atoms with Crippen molar-refractivity contribution in [1.82, 2.24) is 4.98 Å². The maximum Gasteiger partial charge on any atom is 0.226 e. The zero-order valence-corrected chi connectivity index (χ0v) is 6.74. The maximum atomic E-state index is 5.17. The van der Waals surface area contributed by atoms with Crippen LogP contribution in [-0.2, 0) is 0 Å². The Morgan fingerprint density at radius 1 is 1.50 bits per heavy atom. The number of hydrogen-bond acceptors (Lipinski definition) is 2. The second-order valence-electron chi connectivity index (χ2n) is 2.58. The monoisotopic (exact) mass is 158 g/mol. The molecule has 2 heteroatoms. The first kappa shape index (κ1) is 7.10. The number of nitrogens with zero attached hydrogens (tertiary/aromatic N) is 1. The van der Waals surface area contributed by atoms with E-state index in [0.717, 1.165) is 11.1 Å². The highest BCUT2D eigenvalue weighted by molar-refractivity contribution is 5.57. The van der Waals surface area contributed by atoms with Gasteiger partial charge in [0.25, 0.3) is 0 Å². The van der Waals surface area contributed by atoms with E-state index in [1.165, 1.54) is 0 Å². The van der Waals surface area contributed by atoms with Gasteiger partial charge in [0.2, 0.25) is 5.89 Å². The molecule has 0 fully saturated rings. The van der Waals surface area contributed by atoms with Crippen LogP contribution in [0.15, 0.2) is 35.1 Å². The van der Waals surface area contributed by atoms with E-state index in [1.807, 2.05) is 25.1 Å². The molecular weight excluding hydrogens is 150 g/mol. The fourth-order valence-corrected chi connectivity index (χ4v) is 1.10. The highest BCUT2D eigenvalue weighted by Gasteiger charge is 2.03. The Hall–Kier alpha value is -1.57. The van der Waals surface area contributed by atoms with Gasteiger partial charge in [0, 0.05) is 5.56 Å². The van der Waals surface area contributed by atoms with Gasteiger partial charge in [0.15, 0.2) is 0 Å². The van der Waals surface area contributed by atoms with Gasteiger partial charge in [0.1, 0.15) is 6.26 Å². The Kier molecular flexibility index (Phi) is 1.67. The SMILES string of the molecule is Cc1cc[c]cc1-c1ncco1. The quantitative estimate of drug-likeness (QED) is 0.637. The van der Waals surface area contributed by atoms with Crippen LogP contribution in [0.5, 0.6) is 0 Å². The van der Waals surface area contributed by atoms with Crippen molar-refractivity contribution in [3.63, 3.8) is 0 Å². The Bertz CT molecular complexity index is 365. The van der Waals surface area contributed by atoms with Gasteiger partial charge < -0.3 is 4.42 Å². The minimum atomic E-state index is 0.657. The lowest BCUT2D eigenvalue weighted by atomic mass is 10.1. The van der Waals surface area contributed by atoms with Gasteiger partial charge in [-0.15, -0.1) is 0 Å². The molecule has 0 aliphatic heterocycles. The number of rotatable bonds is 1. The summed E-state index contributed by atoms with van der Waals surface area (Å²) in [6, 6.07) is 8.73. The molecule has 0 aliphatic carbocycles. The molecule has 0 aliphatic rings. The summed E-state index contributed by atoms with van der Waals surface area (Å²) < 4.78 is 5.17. The van der Waals surface area contributed by atoms with Crippen molar-refractivity contribution in [3.8, 4) is 11.5 Å². The van der Waals surface area contributed by atoms with Crippen LogP contribution in [0.25, 0.3) is 11.5 Å². The summed E-state index contributed by atoms with van der Waals surface area (Å²) in [4.78, 5) is 4.06. The maximum absolute atomic E-state index is 5.17. The summed E-state index contributed by atoms with van der Waals surface area (Å²) in [6.07, 6.45) is 3.21. The lowest BCUT2D eigenvalue weighted by Gasteiger charge is -1.98. The van der Waals surface area contributed by atoms with Gasteiger partial charge in [-0.3, -0.25) is 0 Å². The summed E-state index contributed by atoms with van der Waals surface area (Å²) in [5.41, 5.74) is 2.15. The Morgan fingerprint density at radius 2 is 2.42 bits per heavy atom. The molecule has 59 valence electrons. The third kappa shape index (κ3) is 1.11. The van der Waals surface area contributed by atoms with Gasteiger partial charge in [0.05, 0.1) is 6.20 Å². The standard InChI is InChI=1S/C10H8NO/c1-8-4-2-3-5-9(8)10-11-6-7-12-10/h2,4-7H,1H3. The summed E-state index contributed by atoms with van der Waals surface area (Å²) in [6.45, 7) is 2.02. The van der Waals surface area contributed by atoms with Crippen LogP contribution in [0, 0.1) is 13.0 Å². The number of oxazole rings is 1. The average Bonchev–Trinajstić information content (AvgIpc) is 2.57. The van der Waals surface area contributed by atoms with Crippen LogP contribution in [0.4, 0.5) is 0 Å². The van der Waals surface area contributed by atoms with Crippen molar-refractivity contribution in [1.29, 1.82) is 0 Å². The smallest absolute Gasteiger partial charge is 0.226 e. The third-order valence-electron chi connectivity index (χ3n) is 1.74. The summed E-state index contributed by atoms with van der Waals surface area (Å²) in [5, 5.41) is 0. The van der Waals surface area contributed by atoms with Crippen molar-refractivity contribution in [2.24, 2.45) is 0 Å². The Morgan fingerprint density at radius 3 is 3.08 bits per heavy atom. The van der Waals surface area contributed by atoms with E-state index in [2.05, 4.69) is 11.1 Å². The number of aryl methyl sites for hydroxylation is 1. The lowest BCUT2D eigenvalue weighted by Crippen LogP contribution is -1.81. The molecule has 0 N–H and O–H groups in total. The highest BCUT2D eigenvalue weighted by atomic mass is 16.3. The summed E-state index contributed by atoms with van der Waals surface area (Å²) in [7, 11) is 0. The van der Waals surface area contributed by atoms with Crippen LogP contribution in [0.2, 0.25) is 0 Å². The van der Waals surface area contributed by atoms with Gasteiger partial charge >= 0.3 is 0 Å². The number of aromatic nitrogens is 1. The third-order valence-corrected chi connectivity index (χ3v) is 1.74. The minimum absolute atomic E-state index is 0.657. The fourth-order valence-electron chi connectivity index (χ4n) is 1.10. The summed E-state index contributed by atoms with van der Waals surface area (Å²) in [5.74, 6) is 0.657. The first-order valence-electron chi connectivity index (χ1n) is 3.74. The largest absolute Gasteiger partial charge is 0.445 e. The first-order valence-corrected chi connectivity index (χ1v) is 3.74. The van der Waals surface area contributed by atoms with E-state index in [1.54, 1.807) is 12.5 Å². The van der Waals surface area contributed by atoms with Crippen molar-refractivity contribution in [2.45, 2.75) is 6.92 Å². The number of benzene rings is 1. The minimum Gasteiger partial charge on any atom is -0.445 e. The molecule has 0 saturated heterocycles. The van der Waals surface area contributed by atoms with Crippen molar-refractivity contribution in [3.05, 3.63) is 42.3 Å². The fraction of sp³-hybridized carbons (Fsp3) is 0.100. The predicted molar refractivity (Wildman–Crippen MR) is 45.5 cm³/mol. The van der Waals surface area contributed by atoms with Gasteiger partial charge in [-0.05, 0) is 24.6 Å². The predicted octanol–water partition coefficient (Wildman–Crippen LogP) is 2.45. The Labute approximate surface area is 70.9 Å². The normalized spacial score (nSPS) is 10.1. The van der Waals surface area contributed by atoms with Gasteiger partial charge in [-0.25, -0.2) is 4.98 Å². The van der Waals surface area contributed by atoms with E-state index < -0.39 is 0 Å². The molecule has 0 unspecified atom stereocenters. The van der Waals surface area contributed by atoms with Crippen LogP contribution in [0.3, 0.4) is 0 Å². The van der Waals surface area contributed by atoms with Gasteiger partial charge in [-0.2, -0.15) is 0 Å². The second-order valence-corrected chi connectivity index (χ2v) is 2.58. The molecule has 1 radical (unpaired) electrons. The van der Waals surface area contributed by atoms with Crippen molar-refractivity contribution < 1.29 is 4.42 Å². The molecule has 0 amide bonds. The molecule has 0 saturated carbocycles. The zero-order valence-electron chi connectivity index (χ0n) is 6.74. The molecule has 0 bridgehead atoms. The van der Waals surface area contributed by atoms with E-state index in [0.29, 0.717) is 5.89 Å². The Balaban J connectivity index is 2.55. The van der Waals surface area contributed by atoms with E-state index in [-0.39, 0.29) is 0 Å². The van der Waals surface area contributed by atoms with Crippen molar-refractivity contribution >= 4 is 0 Å². The summed E-state index contributed by atoms with van der Waals surface area (Å²) >= 11 is 0. The zero-order chi connectivity index (χ0) is 8.39. The molecule has 2 nitrogen and oxygen atoms in total. The van der Waals surface area contributed by atoms with Crippen molar-refractivity contribution in [2.75, 3.05) is 0 Å². The van der Waals surface area contributed by atoms with E-state index in [4.69, 9.17) is 4.42 Å². The van der Waals surface area contributed by atoms with Crippen LogP contribution < -0.4 is 0 Å². The second kappa shape index (κ2) is 2.81. The number of hydrogen-bond donors (Lipinski definition) is 0. The van der Waals surface area contributed by atoms with Crippen LogP contribution in [-0.4, -0.2) is 4.98 Å². The molecule has 0 atom stereocenters. The molecule has 2 rings (SSSR count). The lowest BCUT2D eigenvalue weighted by molar-refractivity contribution is 0.574. The van der Waals surface area contributed by atoms with E-state index >= 15 is 0 Å². The van der Waals surface area contributed by atoms with Gasteiger partial charge in [-0.1, -0.05) is 12.1 Å². The first-order chi connectivity index (χ1) is 5.88. The molecule has 0 spiro atoms. The molecule has 2 aromatic rings. The van der Waals surface area contributed by atoms with E-state index in [9.17, 15) is 0 Å². The highest BCUT2D eigenvalue weighted by Crippen LogP contribution is 2.19.